The molecule has 2 atom stereocenters. The molecule has 1 heterocycles. The molecule has 1 amide bonds. The van der Waals surface area contributed by atoms with E-state index in [4.69, 9.17) is 15.2 Å². The van der Waals surface area contributed by atoms with E-state index in [1.165, 1.54) is 0 Å². The molecule has 1 aliphatic rings. The third-order valence-corrected chi connectivity index (χ3v) is 3.41. The molecule has 5 heteroatoms. The summed E-state index contributed by atoms with van der Waals surface area (Å²) in [5.74, 6) is 1.55. The van der Waals surface area contributed by atoms with Gasteiger partial charge in [0.05, 0.1) is 0 Å². The van der Waals surface area contributed by atoms with E-state index in [9.17, 15) is 4.79 Å². The Bertz CT molecular complexity index is 464. The maximum Gasteiger partial charge on any atom is 0.267 e. The number of carbonyl (C=O) groups is 1. The molecule has 0 saturated carbocycles. The lowest BCUT2D eigenvalue weighted by atomic mass is 10.1. The Morgan fingerprint density at radius 1 is 1.45 bits per heavy atom. The molecule has 0 aromatic heterocycles. The predicted octanol–water partition coefficient (Wildman–Crippen LogP) is 1.27. The second kappa shape index (κ2) is 6.61. The molecule has 0 spiro atoms. The van der Waals surface area contributed by atoms with Crippen LogP contribution in [-0.4, -0.2) is 43.2 Å². The highest BCUT2D eigenvalue weighted by molar-refractivity contribution is 5.82. The number of para-hydroxylation sites is 2. The van der Waals surface area contributed by atoms with Crippen molar-refractivity contribution in [2.45, 2.75) is 20.0 Å². The molecule has 0 saturated heterocycles. The van der Waals surface area contributed by atoms with Crippen LogP contribution in [0.4, 0.5) is 0 Å². The van der Waals surface area contributed by atoms with E-state index in [0.29, 0.717) is 31.1 Å². The monoisotopic (exact) mass is 278 g/mol. The molecule has 20 heavy (non-hydrogen) atoms. The molecule has 110 valence electrons. The van der Waals surface area contributed by atoms with Crippen LogP contribution in [0, 0.1) is 5.92 Å². The summed E-state index contributed by atoms with van der Waals surface area (Å²) in [4.78, 5) is 14.2. The van der Waals surface area contributed by atoms with Gasteiger partial charge in [0, 0.05) is 13.1 Å². The maximum absolute atomic E-state index is 12.5. The normalized spacial score (nSPS) is 18.4. The van der Waals surface area contributed by atoms with Crippen molar-refractivity contribution in [3.05, 3.63) is 24.3 Å². The first kappa shape index (κ1) is 14.7. The Labute approximate surface area is 119 Å². The summed E-state index contributed by atoms with van der Waals surface area (Å²) >= 11 is 0. The third kappa shape index (κ3) is 3.22. The first-order valence-corrected chi connectivity index (χ1v) is 7.03. The van der Waals surface area contributed by atoms with Crippen LogP contribution in [0.25, 0.3) is 0 Å². The van der Waals surface area contributed by atoms with E-state index in [1.807, 2.05) is 38.1 Å². The van der Waals surface area contributed by atoms with Crippen LogP contribution in [-0.2, 0) is 4.79 Å². The average molecular weight is 278 g/mol. The van der Waals surface area contributed by atoms with Gasteiger partial charge in [-0.25, -0.2) is 0 Å². The summed E-state index contributed by atoms with van der Waals surface area (Å²) in [6, 6.07) is 7.40. The lowest BCUT2D eigenvalue weighted by molar-refractivity contribution is -0.141. The standard InChI is InChI=1S/C15H22N2O3/c1-3-17(9-11(2)8-16)15(18)14-10-19-12-6-4-5-7-13(12)20-14/h4-7,11,14H,3,8-10,16H2,1-2H3. The minimum atomic E-state index is -0.574. The first-order chi connectivity index (χ1) is 9.65. The molecule has 1 aromatic carbocycles. The highest BCUT2D eigenvalue weighted by Crippen LogP contribution is 2.31. The molecule has 0 aliphatic carbocycles. The summed E-state index contributed by atoms with van der Waals surface area (Å²) < 4.78 is 11.3. The summed E-state index contributed by atoms with van der Waals surface area (Å²) in [5.41, 5.74) is 5.62. The van der Waals surface area contributed by atoms with Crippen molar-refractivity contribution in [3.63, 3.8) is 0 Å². The van der Waals surface area contributed by atoms with Crippen molar-refractivity contribution >= 4 is 5.91 Å². The fourth-order valence-electron chi connectivity index (χ4n) is 2.17. The van der Waals surface area contributed by atoms with Crippen molar-refractivity contribution in [2.75, 3.05) is 26.2 Å². The number of fused-ring (bicyclic) bond motifs is 1. The Morgan fingerprint density at radius 2 is 2.15 bits per heavy atom. The van der Waals surface area contributed by atoms with Crippen molar-refractivity contribution in [1.29, 1.82) is 0 Å². The van der Waals surface area contributed by atoms with E-state index in [0.717, 1.165) is 0 Å². The number of nitrogens with two attached hydrogens (primary N) is 1. The van der Waals surface area contributed by atoms with E-state index >= 15 is 0 Å². The summed E-state index contributed by atoms with van der Waals surface area (Å²) in [6.45, 7) is 6.10. The van der Waals surface area contributed by atoms with Crippen LogP contribution < -0.4 is 15.2 Å². The molecule has 1 aliphatic heterocycles. The topological polar surface area (TPSA) is 64.8 Å². The lowest BCUT2D eigenvalue weighted by Gasteiger charge is -2.31. The summed E-state index contributed by atoms with van der Waals surface area (Å²) in [7, 11) is 0. The molecular weight excluding hydrogens is 256 g/mol. The summed E-state index contributed by atoms with van der Waals surface area (Å²) in [5, 5.41) is 0. The quantitative estimate of drug-likeness (QED) is 0.881. The van der Waals surface area contributed by atoms with E-state index in [-0.39, 0.29) is 18.4 Å². The van der Waals surface area contributed by atoms with Gasteiger partial charge in [-0.1, -0.05) is 19.1 Å². The van der Waals surface area contributed by atoms with Gasteiger partial charge in [0.15, 0.2) is 11.5 Å². The van der Waals surface area contributed by atoms with Gasteiger partial charge in [-0.3, -0.25) is 4.79 Å². The zero-order valence-corrected chi connectivity index (χ0v) is 12.0. The molecule has 1 aromatic rings. The van der Waals surface area contributed by atoms with Gasteiger partial charge in [0.1, 0.15) is 6.61 Å². The highest BCUT2D eigenvalue weighted by atomic mass is 16.6. The molecule has 0 radical (unpaired) electrons. The maximum atomic E-state index is 12.5. The number of hydrogen-bond donors (Lipinski definition) is 1. The fraction of sp³-hybridized carbons (Fsp3) is 0.533. The molecule has 2 rings (SSSR count). The molecule has 2 unspecified atom stereocenters. The van der Waals surface area contributed by atoms with Crippen molar-refractivity contribution in [1.82, 2.24) is 4.90 Å². The number of amides is 1. The average Bonchev–Trinajstić information content (AvgIpc) is 2.51. The number of likely N-dealkylation sites (N-methyl/N-ethyl adjacent to an activating group) is 1. The van der Waals surface area contributed by atoms with Gasteiger partial charge in [-0.15, -0.1) is 0 Å². The predicted molar refractivity (Wildman–Crippen MR) is 76.8 cm³/mol. The van der Waals surface area contributed by atoms with Crippen LogP contribution in [0.5, 0.6) is 11.5 Å². The largest absolute Gasteiger partial charge is 0.485 e. The van der Waals surface area contributed by atoms with Crippen LogP contribution in [0.3, 0.4) is 0 Å². The van der Waals surface area contributed by atoms with E-state index < -0.39 is 6.10 Å². The van der Waals surface area contributed by atoms with Crippen LogP contribution >= 0.6 is 0 Å². The second-order valence-electron chi connectivity index (χ2n) is 5.08. The number of benzene rings is 1. The van der Waals surface area contributed by atoms with E-state index in [2.05, 4.69) is 0 Å². The van der Waals surface area contributed by atoms with E-state index in [1.54, 1.807) is 4.90 Å². The Balaban J connectivity index is 2.03. The van der Waals surface area contributed by atoms with Gasteiger partial charge >= 0.3 is 0 Å². The Kier molecular flexibility index (Phi) is 4.84. The Hall–Kier alpha value is -1.75. The molecule has 0 fully saturated rings. The van der Waals surface area contributed by atoms with Crippen molar-refractivity contribution < 1.29 is 14.3 Å². The molecule has 5 nitrogen and oxygen atoms in total. The number of nitrogens with zero attached hydrogens (tertiary/aromatic N) is 1. The number of hydrogen-bond acceptors (Lipinski definition) is 4. The number of rotatable bonds is 5. The third-order valence-electron chi connectivity index (χ3n) is 3.41. The van der Waals surface area contributed by atoms with Crippen LogP contribution in [0.15, 0.2) is 24.3 Å². The van der Waals surface area contributed by atoms with Crippen LogP contribution in [0.1, 0.15) is 13.8 Å². The number of carbonyl (C=O) groups excluding carboxylic acids is 1. The highest BCUT2D eigenvalue weighted by Gasteiger charge is 2.30. The second-order valence-corrected chi connectivity index (χ2v) is 5.08. The van der Waals surface area contributed by atoms with Crippen LogP contribution in [0.2, 0.25) is 0 Å². The SMILES string of the molecule is CCN(CC(C)CN)C(=O)C1COc2ccccc2O1. The van der Waals surface area contributed by atoms with Gasteiger partial charge in [-0.2, -0.15) is 0 Å². The Morgan fingerprint density at radius 3 is 2.80 bits per heavy atom. The first-order valence-electron chi connectivity index (χ1n) is 7.03. The molecular formula is C15H22N2O3. The zero-order chi connectivity index (χ0) is 14.5. The minimum absolute atomic E-state index is 0.0395. The zero-order valence-electron chi connectivity index (χ0n) is 12.0. The fourth-order valence-corrected chi connectivity index (χ4v) is 2.17. The van der Waals surface area contributed by atoms with Gasteiger partial charge < -0.3 is 20.1 Å². The van der Waals surface area contributed by atoms with Gasteiger partial charge in [0.2, 0.25) is 6.10 Å². The minimum Gasteiger partial charge on any atom is -0.485 e. The van der Waals surface area contributed by atoms with Crippen molar-refractivity contribution in [2.24, 2.45) is 11.7 Å². The molecule has 2 N–H and O–H groups in total. The summed E-state index contributed by atoms with van der Waals surface area (Å²) in [6.07, 6.45) is -0.574. The number of ether oxygens (including phenoxy) is 2. The smallest absolute Gasteiger partial charge is 0.267 e. The van der Waals surface area contributed by atoms with Gasteiger partial charge in [0.25, 0.3) is 5.91 Å². The van der Waals surface area contributed by atoms with Crippen molar-refractivity contribution in [3.8, 4) is 11.5 Å². The van der Waals surface area contributed by atoms with Gasteiger partial charge in [-0.05, 0) is 31.5 Å². The lowest BCUT2D eigenvalue weighted by Crippen LogP contribution is -2.48. The molecule has 0 bridgehead atoms.